The first-order chi connectivity index (χ1) is 47.5. The Hall–Kier alpha value is -4.17. The summed E-state index contributed by atoms with van der Waals surface area (Å²) in [5.74, 6) is 5.32. The van der Waals surface area contributed by atoms with Crippen molar-refractivity contribution in [1.29, 1.82) is 0 Å². The number of ether oxygens (including phenoxy) is 2. The monoisotopic (exact) mass is 1530 g/mol. The predicted molar refractivity (Wildman–Crippen MR) is 427 cm³/mol. The van der Waals surface area contributed by atoms with E-state index >= 15 is 0 Å². The van der Waals surface area contributed by atoms with E-state index in [0.717, 1.165) is 138 Å². The summed E-state index contributed by atoms with van der Waals surface area (Å²) in [4.78, 5) is 24.8. The van der Waals surface area contributed by atoms with Gasteiger partial charge in [0, 0.05) is 43.2 Å². The van der Waals surface area contributed by atoms with Gasteiger partial charge in [-0.05, 0) is 238 Å². The molecule has 4 aliphatic rings. The second kappa shape index (κ2) is 43.1. The number of hydrogen-bond acceptors (Lipinski definition) is 9. The first-order valence-electron chi connectivity index (χ1n) is 34.9. The Balaban J connectivity index is 0.000000343. The van der Waals surface area contributed by atoms with Gasteiger partial charge in [0.05, 0.1) is 40.5 Å². The van der Waals surface area contributed by atoms with E-state index in [4.69, 9.17) is 86.1 Å². The smallest absolute Gasteiger partial charge is 1.00 e. The molecule has 0 N–H and O–H groups in total. The van der Waals surface area contributed by atoms with Crippen LogP contribution in [0.4, 0.5) is 8.63 Å². The quantitative estimate of drug-likeness (QED) is 0.0383. The molecule has 9 nitrogen and oxygen atoms in total. The van der Waals surface area contributed by atoms with E-state index in [-0.39, 0.29) is 104 Å². The minimum Gasteiger partial charge on any atom is -1.00 e. The van der Waals surface area contributed by atoms with Crippen molar-refractivity contribution < 1.29 is 102 Å². The van der Waals surface area contributed by atoms with Gasteiger partial charge >= 0.3 is 78.9 Å². The first-order valence-corrected chi connectivity index (χ1v) is 36.8. The van der Waals surface area contributed by atoms with Crippen molar-refractivity contribution in [2.45, 2.75) is 196 Å². The van der Waals surface area contributed by atoms with E-state index in [9.17, 15) is 18.2 Å². The van der Waals surface area contributed by atoms with Crippen LogP contribution < -0.4 is 60.8 Å². The molecule has 0 bridgehead atoms. The number of likely N-dealkylation sites (tertiary alicyclic amines) is 1. The molecule has 0 radical (unpaired) electrons. The van der Waals surface area contributed by atoms with Crippen LogP contribution in [0.3, 0.4) is 0 Å². The van der Waals surface area contributed by atoms with Gasteiger partial charge < -0.3 is 37.7 Å². The van der Waals surface area contributed by atoms with Crippen molar-refractivity contribution in [3.05, 3.63) is 232 Å². The Kier molecular flexibility index (Phi) is 39.0. The molecule has 6 aromatic rings. The standard InChI is InChI=1S/C29H36ClNO3.C16H22BClO2.C10H10BClF2.C10H11Cl.C9H9ClO.C8H15BO2.FH.K/c1-5-21-8-11-25(30)23(18-21)9-6-22-7-10-24-26(19-22)33-20-29(24)13-16-31(17-14-29)15-12-27(32)34-28(2,3)4;1-6-12-7-8-14(18)13(11-12)9-10-17-19-15(2,3)16(4,5)20-17;1-2-8-3-4-10(12)9(7-8)5-6-11(13)14;1-3-8-5-6-10(11)9(4-2)7-8;1-2-7-3-4-9(10)8(5-7)6-11;1-6-9-10-7(2,3)8(4,5)11-9;;/h6-11,18-19H,5,12-17,20H2,1-4H3;7-11H,6H2,1-5H3;3-7H,2H2,1H3;4-7H,2-3H2,1H3;3-6H,2H2,1H3;6H,1H2,2-5H3;1H;/q;;;;;;;+1/p-1/b9-6+;10-9+;6-5+;;;;;. The van der Waals surface area contributed by atoms with Gasteiger partial charge in [0.1, 0.15) is 11.4 Å². The van der Waals surface area contributed by atoms with E-state index in [1.54, 1.807) is 24.2 Å². The summed E-state index contributed by atoms with van der Waals surface area (Å²) >= 11 is 30.0. The Labute approximate surface area is 682 Å². The molecule has 21 heteroatoms. The molecule has 3 fully saturated rings. The number of hydrogen-bond donors (Lipinski definition) is 0. The minimum absolute atomic E-state index is 0. The van der Waals surface area contributed by atoms with Gasteiger partial charge in [0.2, 0.25) is 0 Å². The Bertz CT molecular complexity index is 3750. The first kappa shape index (κ1) is 93.0. The molecule has 0 saturated carbocycles. The number of nitrogens with zero attached hydrogens (tertiary/aromatic N) is 1. The Morgan fingerprint density at radius 2 is 0.951 bits per heavy atom. The van der Waals surface area contributed by atoms with Crippen molar-refractivity contribution >= 4 is 122 Å². The topological polar surface area (TPSA) is 92.8 Å². The molecular weight excluding hydrogens is 1430 g/mol. The number of aryl methyl sites for hydroxylation is 5. The number of carbonyl (C=O) groups excluding carboxylic acids is 2. The van der Waals surface area contributed by atoms with Gasteiger partial charge in [-0.1, -0.05) is 208 Å². The van der Waals surface area contributed by atoms with Crippen molar-refractivity contribution in [2.75, 3.05) is 26.2 Å². The molecule has 0 atom stereocenters. The Morgan fingerprint density at radius 1 is 0.563 bits per heavy atom. The fourth-order valence-electron chi connectivity index (χ4n) is 10.9. The number of aldehydes is 1. The van der Waals surface area contributed by atoms with E-state index in [0.29, 0.717) is 27.6 Å². The van der Waals surface area contributed by atoms with E-state index in [1.807, 2.05) is 151 Å². The third-order valence-electron chi connectivity index (χ3n) is 18.7. The maximum absolute atomic E-state index is 12.1. The summed E-state index contributed by atoms with van der Waals surface area (Å²) in [7, 11) is -3.02. The summed E-state index contributed by atoms with van der Waals surface area (Å²) in [5.41, 5.74) is 11.4. The molecule has 0 unspecified atom stereocenters. The van der Waals surface area contributed by atoms with Crippen LogP contribution in [-0.4, -0.2) is 92.9 Å². The van der Waals surface area contributed by atoms with Crippen LogP contribution in [-0.2, 0) is 65.7 Å². The molecule has 6 aromatic carbocycles. The molecule has 0 aliphatic carbocycles. The van der Waals surface area contributed by atoms with E-state index in [2.05, 4.69) is 99.5 Å². The van der Waals surface area contributed by atoms with Crippen molar-refractivity contribution in [2.24, 2.45) is 0 Å². The normalized spacial score (nSPS) is 16.3. The molecule has 4 aliphatic heterocycles. The molecular formula is C82H103B3Cl5F3KNO8. The largest absolute Gasteiger partial charge is 1.00 e. The average molecular weight is 1540 g/mol. The van der Waals surface area contributed by atoms with Crippen LogP contribution in [0.2, 0.25) is 25.1 Å². The molecule has 0 amide bonds. The van der Waals surface area contributed by atoms with E-state index < -0.39 is 12.9 Å². The number of benzene rings is 6. The van der Waals surface area contributed by atoms with Crippen molar-refractivity contribution in [3.63, 3.8) is 0 Å². The third-order valence-corrected chi connectivity index (χ3v) is 20.4. The number of fused-ring (bicyclic) bond motifs is 2. The van der Waals surface area contributed by atoms with Gasteiger partial charge in [-0.2, -0.15) is 0 Å². The maximum atomic E-state index is 12.1. The van der Waals surface area contributed by atoms with E-state index in [1.165, 1.54) is 28.3 Å². The summed E-state index contributed by atoms with van der Waals surface area (Å²) in [6.45, 7) is 43.2. The Morgan fingerprint density at radius 3 is 1.34 bits per heavy atom. The van der Waals surface area contributed by atoms with Gasteiger partial charge in [-0.3, -0.25) is 18.2 Å². The fraction of sp³-hybridized carbons (Fsp3) is 0.415. The van der Waals surface area contributed by atoms with Crippen LogP contribution in [0.15, 0.2) is 140 Å². The molecule has 0 aromatic heterocycles. The SMILES string of the molecule is C=CB1OC(C)(C)C(C)(C)O1.C=Cc1cc(CC)ccc1Cl.CCc1ccc(Cl)c(/C=C/B(F)F)c1.CCc1ccc(Cl)c(/C=C/B2OC(C)(C)C(C)(C)O2)c1.CCc1ccc(Cl)c(/C=C/c2ccc3c(c2)OCC32CCN(CCC(=O)OC(C)(C)C)CC2)c1.CCc1ccc(Cl)c(C=O)c1.[F-].[K+]. The maximum Gasteiger partial charge on any atom is 1.00 e. The van der Waals surface area contributed by atoms with Crippen molar-refractivity contribution in [1.82, 2.24) is 4.90 Å². The zero-order valence-electron chi connectivity index (χ0n) is 63.5. The number of carbonyl (C=O) groups is 2. The van der Waals surface area contributed by atoms with Crippen LogP contribution in [0.5, 0.6) is 5.75 Å². The van der Waals surface area contributed by atoms with Crippen LogP contribution >= 0.6 is 58.0 Å². The zero-order valence-corrected chi connectivity index (χ0v) is 70.4. The second-order valence-corrected chi connectivity index (χ2v) is 30.3. The minimum atomic E-state index is -2.43. The second-order valence-electron chi connectivity index (χ2n) is 28.2. The van der Waals surface area contributed by atoms with Crippen molar-refractivity contribution in [3.8, 4) is 5.75 Å². The average Bonchev–Trinajstić information content (AvgIpc) is 1.64. The summed E-state index contributed by atoms with van der Waals surface area (Å²) < 4.78 is 58.4. The molecule has 1 spiro atoms. The summed E-state index contributed by atoms with van der Waals surface area (Å²) in [6, 6.07) is 35.8. The van der Waals surface area contributed by atoms with Gasteiger partial charge in [-0.25, -0.2) is 0 Å². The number of halogens is 8. The van der Waals surface area contributed by atoms with Crippen LogP contribution in [0.1, 0.15) is 202 Å². The summed E-state index contributed by atoms with van der Waals surface area (Å²) in [6.07, 6.45) is 17.4. The summed E-state index contributed by atoms with van der Waals surface area (Å²) in [5, 5.41) is 3.31. The third kappa shape index (κ3) is 28.7. The van der Waals surface area contributed by atoms with Crippen LogP contribution in [0.25, 0.3) is 30.4 Å². The number of piperidine rings is 1. The van der Waals surface area contributed by atoms with Crippen LogP contribution in [0, 0.1) is 0 Å². The van der Waals surface area contributed by atoms with Gasteiger partial charge in [0.15, 0.2) is 6.29 Å². The predicted octanol–water partition coefficient (Wildman–Crippen LogP) is 17.0. The molecule has 10 rings (SSSR count). The molecule has 4 heterocycles. The number of rotatable bonds is 17. The molecule has 550 valence electrons. The molecule has 3 saturated heterocycles. The van der Waals surface area contributed by atoms with Gasteiger partial charge in [0.25, 0.3) is 0 Å². The zero-order chi connectivity index (χ0) is 75.1. The molecule has 103 heavy (non-hydrogen) atoms. The number of esters is 1. The fourth-order valence-corrected chi connectivity index (χ4v) is 11.8. The van der Waals surface area contributed by atoms with Gasteiger partial charge in [-0.15, -0.1) is 6.58 Å².